The van der Waals surface area contributed by atoms with Crippen molar-refractivity contribution in [3.63, 3.8) is 0 Å². The molecule has 14 heavy (non-hydrogen) atoms. The third-order valence-electron chi connectivity index (χ3n) is 1.83. The van der Waals surface area contributed by atoms with Crippen molar-refractivity contribution < 1.29 is 4.74 Å². The zero-order chi connectivity index (χ0) is 10.2. The molecule has 0 aromatic heterocycles. The Morgan fingerprint density at radius 1 is 1.21 bits per heavy atom. The van der Waals surface area contributed by atoms with Crippen molar-refractivity contribution in [2.75, 3.05) is 18.6 Å². The summed E-state index contributed by atoms with van der Waals surface area (Å²) >= 11 is 7.63. The van der Waals surface area contributed by atoms with Crippen molar-refractivity contribution in [3.05, 3.63) is 29.3 Å². The van der Waals surface area contributed by atoms with E-state index >= 15 is 0 Å². The SMILES string of the molecule is CSCCCCOc1ccc(Cl)cc1. The monoisotopic (exact) mass is 230 g/mol. The Balaban J connectivity index is 2.15. The summed E-state index contributed by atoms with van der Waals surface area (Å²) in [7, 11) is 0. The van der Waals surface area contributed by atoms with Gasteiger partial charge in [-0.1, -0.05) is 11.6 Å². The van der Waals surface area contributed by atoms with Crippen LogP contribution in [0.5, 0.6) is 5.75 Å². The van der Waals surface area contributed by atoms with Gasteiger partial charge in [0.25, 0.3) is 0 Å². The lowest BCUT2D eigenvalue weighted by atomic mass is 10.3. The lowest BCUT2D eigenvalue weighted by Gasteiger charge is -2.05. The zero-order valence-electron chi connectivity index (χ0n) is 8.33. The minimum atomic E-state index is 0.750. The molecule has 0 radical (unpaired) electrons. The fourth-order valence-corrected chi connectivity index (χ4v) is 1.69. The third-order valence-corrected chi connectivity index (χ3v) is 2.77. The normalized spacial score (nSPS) is 10.1. The van der Waals surface area contributed by atoms with Crippen LogP contribution >= 0.6 is 23.4 Å². The molecule has 0 N–H and O–H groups in total. The quantitative estimate of drug-likeness (QED) is 0.687. The zero-order valence-corrected chi connectivity index (χ0v) is 9.90. The number of thioether (sulfide) groups is 1. The average molecular weight is 231 g/mol. The molecule has 1 aromatic rings. The molecule has 0 spiro atoms. The summed E-state index contributed by atoms with van der Waals surface area (Å²) in [6, 6.07) is 7.49. The molecule has 0 saturated carbocycles. The van der Waals surface area contributed by atoms with Gasteiger partial charge >= 0.3 is 0 Å². The molecule has 0 atom stereocenters. The van der Waals surface area contributed by atoms with Crippen LogP contribution in [0, 0.1) is 0 Å². The van der Waals surface area contributed by atoms with E-state index in [-0.39, 0.29) is 0 Å². The molecule has 1 aromatic carbocycles. The Morgan fingerprint density at radius 3 is 2.57 bits per heavy atom. The molecule has 0 aliphatic heterocycles. The molecule has 0 fully saturated rings. The standard InChI is InChI=1S/C11H15ClOS/c1-14-9-3-2-8-13-11-6-4-10(12)5-7-11/h4-7H,2-3,8-9H2,1H3. The van der Waals surface area contributed by atoms with Gasteiger partial charge < -0.3 is 4.74 Å². The smallest absolute Gasteiger partial charge is 0.119 e. The summed E-state index contributed by atoms with van der Waals surface area (Å²) in [6.07, 6.45) is 4.46. The van der Waals surface area contributed by atoms with Crippen molar-refractivity contribution in [3.8, 4) is 5.75 Å². The maximum atomic E-state index is 5.76. The molecule has 0 bridgehead atoms. The minimum Gasteiger partial charge on any atom is -0.494 e. The van der Waals surface area contributed by atoms with E-state index in [9.17, 15) is 0 Å². The second-order valence-corrected chi connectivity index (χ2v) is 4.42. The second-order valence-electron chi connectivity index (χ2n) is 3.00. The highest BCUT2D eigenvalue weighted by atomic mass is 35.5. The first-order valence-electron chi connectivity index (χ1n) is 4.70. The van der Waals surface area contributed by atoms with E-state index in [1.54, 1.807) is 0 Å². The van der Waals surface area contributed by atoms with Gasteiger partial charge in [0.15, 0.2) is 0 Å². The first kappa shape index (κ1) is 11.7. The molecule has 1 rings (SSSR count). The molecular weight excluding hydrogens is 216 g/mol. The van der Waals surface area contributed by atoms with Crippen LogP contribution in [0.1, 0.15) is 12.8 Å². The van der Waals surface area contributed by atoms with Gasteiger partial charge in [-0.05, 0) is 49.1 Å². The first-order valence-corrected chi connectivity index (χ1v) is 6.47. The van der Waals surface area contributed by atoms with Gasteiger partial charge in [-0.3, -0.25) is 0 Å². The van der Waals surface area contributed by atoms with E-state index in [1.165, 1.54) is 12.2 Å². The van der Waals surface area contributed by atoms with Crippen molar-refractivity contribution in [2.24, 2.45) is 0 Å². The first-order chi connectivity index (χ1) is 6.83. The van der Waals surface area contributed by atoms with Gasteiger partial charge in [-0.2, -0.15) is 11.8 Å². The van der Waals surface area contributed by atoms with Crippen LogP contribution in [0.25, 0.3) is 0 Å². The predicted molar refractivity (Wildman–Crippen MR) is 64.6 cm³/mol. The maximum Gasteiger partial charge on any atom is 0.119 e. The van der Waals surface area contributed by atoms with Crippen LogP contribution in [-0.2, 0) is 0 Å². The number of benzene rings is 1. The van der Waals surface area contributed by atoms with Gasteiger partial charge in [0.05, 0.1) is 6.61 Å². The summed E-state index contributed by atoms with van der Waals surface area (Å²) in [4.78, 5) is 0. The van der Waals surface area contributed by atoms with Crippen LogP contribution in [0.2, 0.25) is 5.02 Å². The molecule has 0 saturated heterocycles. The van der Waals surface area contributed by atoms with Crippen molar-refractivity contribution >= 4 is 23.4 Å². The van der Waals surface area contributed by atoms with Gasteiger partial charge in [0.2, 0.25) is 0 Å². The van der Waals surface area contributed by atoms with Gasteiger partial charge in [-0.25, -0.2) is 0 Å². The summed E-state index contributed by atoms with van der Waals surface area (Å²) in [5.74, 6) is 2.11. The number of rotatable bonds is 6. The van der Waals surface area contributed by atoms with E-state index in [0.717, 1.165) is 23.8 Å². The van der Waals surface area contributed by atoms with E-state index in [1.807, 2.05) is 36.0 Å². The molecule has 0 heterocycles. The Morgan fingerprint density at radius 2 is 1.93 bits per heavy atom. The Kier molecular flexibility index (Phi) is 5.88. The van der Waals surface area contributed by atoms with Gasteiger partial charge in [-0.15, -0.1) is 0 Å². The fourth-order valence-electron chi connectivity index (χ4n) is 1.07. The van der Waals surface area contributed by atoms with Crippen LogP contribution in [0.4, 0.5) is 0 Å². The lowest BCUT2D eigenvalue weighted by Crippen LogP contribution is -1.97. The number of hydrogen-bond acceptors (Lipinski definition) is 2. The van der Waals surface area contributed by atoms with Crippen molar-refractivity contribution in [1.82, 2.24) is 0 Å². The lowest BCUT2D eigenvalue weighted by molar-refractivity contribution is 0.310. The molecule has 3 heteroatoms. The molecule has 0 amide bonds. The Labute approximate surface area is 94.8 Å². The fraction of sp³-hybridized carbons (Fsp3) is 0.455. The van der Waals surface area contributed by atoms with Gasteiger partial charge in [0, 0.05) is 5.02 Å². The molecule has 0 unspecified atom stereocenters. The molecular formula is C11H15ClOS. The largest absolute Gasteiger partial charge is 0.494 e. The van der Waals surface area contributed by atoms with Crippen LogP contribution in [0.3, 0.4) is 0 Å². The van der Waals surface area contributed by atoms with Crippen molar-refractivity contribution in [1.29, 1.82) is 0 Å². The second kappa shape index (κ2) is 7.02. The molecule has 78 valence electrons. The molecule has 0 aliphatic rings. The highest BCUT2D eigenvalue weighted by molar-refractivity contribution is 7.98. The predicted octanol–water partition coefficient (Wildman–Crippen LogP) is 3.86. The maximum absolute atomic E-state index is 5.76. The highest BCUT2D eigenvalue weighted by Gasteiger charge is 1.93. The topological polar surface area (TPSA) is 9.23 Å². The third kappa shape index (κ3) is 4.77. The van der Waals surface area contributed by atoms with Crippen LogP contribution in [0.15, 0.2) is 24.3 Å². The van der Waals surface area contributed by atoms with E-state index in [2.05, 4.69) is 6.26 Å². The number of halogens is 1. The Hall–Kier alpha value is -0.340. The van der Waals surface area contributed by atoms with Crippen LogP contribution in [-0.4, -0.2) is 18.6 Å². The summed E-state index contributed by atoms with van der Waals surface area (Å²) in [5, 5.41) is 0.750. The molecule has 0 aliphatic carbocycles. The minimum absolute atomic E-state index is 0.750. The number of ether oxygens (including phenoxy) is 1. The highest BCUT2D eigenvalue weighted by Crippen LogP contribution is 2.15. The average Bonchev–Trinajstić information content (AvgIpc) is 2.21. The van der Waals surface area contributed by atoms with Gasteiger partial charge in [0.1, 0.15) is 5.75 Å². The summed E-state index contributed by atoms with van der Waals surface area (Å²) in [5.41, 5.74) is 0. The van der Waals surface area contributed by atoms with E-state index in [0.29, 0.717) is 0 Å². The van der Waals surface area contributed by atoms with E-state index in [4.69, 9.17) is 16.3 Å². The van der Waals surface area contributed by atoms with Crippen molar-refractivity contribution in [2.45, 2.75) is 12.8 Å². The number of hydrogen-bond donors (Lipinski definition) is 0. The Bertz CT molecular complexity index is 248. The van der Waals surface area contributed by atoms with E-state index < -0.39 is 0 Å². The summed E-state index contributed by atoms with van der Waals surface area (Å²) in [6.45, 7) is 0.794. The van der Waals surface area contributed by atoms with Crippen LogP contribution < -0.4 is 4.74 Å². The summed E-state index contributed by atoms with van der Waals surface area (Å²) < 4.78 is 5.54. The molecule has 1 nitrogen and oxygen atoms in total. The number of unbranched alkanes of at least 4 members (excludes halogenated alkanes) is 1.